The molecule has 0 bridgehead atoms. The van der Waals surface area contributed by atoms with Crippen molar-refractivity contribution in [3.8, 4) is 17.2 Å². The highest BCUT2D eigenvalue weighted by Crippen LogP contribution is 2.37. The molecule has 0 spiro atoms. The van der Waals surface area contributed by atoms with Gasteiger partial charge in [-0.3, -0.25) is 19.7 Å². The van der Waals surface area contributed by atoms with E-state index in [1.807, 2.05) is 26.0 Å². The zero-order valence-corrected chi connectivity index (χ0v) is 22.7. The Kier molecular flexibility index (Phi) is 8.70. The lowest BCUT2D eigenvalue weighted by atomic mass is 10.1. The molecule has 11 heteroatoms. The monoisotopic (exact) mass is 563 g/mol. The second kappa shape index (κ2) is 12.4. The third kappa shape index (κ3) is 6.24. The molecule has 5 amide bonds. The summed E-state index contributed by atoms with van der Waals surface area (Å²) in [7, 11) is 1.38. The van der Waals surface area contributed by atoms with Crippen LogP contribution in [0.3, 0.4) is 0 Å². The summed E-state index contributed by atoms with van der Waals surface area (Å²) in [6.07, 6.45) is 1.29. The maximum absolute atomic E-state index is 13.2. The van der Waals surface area contributed by atoms with Gasteiger partial charge in [0.15, 0.2) is 18.1 Å². The summed E-state index contributed by atoms with van der Waals surface area (Å²) in [5.74, 6) is -1.23. The Labute approximate surface area is 235 Å². The minimum atomic E-state index is -0.875. The Morgan fingerprint density at radius 1 is 1.05 bits per heavy atom. The fourth-order valence-corrected chi connectivity index (χ4v) is 4.19. The van der Waals surface area contributed by atoms with Crippen LogP contribution in [-0.4, -0.2) is 44.1 Å². The largest absolute Gasteiger partial charge is 0.494 e. The fraction of sp³-hybridized carbons (Fsp3) is 0.172. The lowest BCUT2D eigenvalue weighted by Gasteiger charge is -2.26. The van der Waals surface area contributed by atoms with Crippen LogP contribution in [0.2, 0.25) is 5.02 Å². The molecule has 4 rings (SSSR count). The average molecular weight is 564 g/mol. The van der Waals surface area contributed by atoms with Crippen molar-refractivity contribution in [1.29, 1.82) is 0 Å². The van der Waals surface area contributed by atoms with E-state index in [1.165, 1.54) is 37.5 Å². The van der Waals surface area contributed by atoms with Crippen molar-refractivity contribution in [2.45, 2.75) is 13.8 Å². The normalized spacial score (nSPS) is 14.2. The number of carbonyl (C=O) groups excluding carboxylic acids is 4. The molecular weight excluding hydrogens is 538 g/mol. The van der Waals surface area contributed by atoms with Crippen molar-refractivity contribution in [2.75, 3.05) is 30.5 Å². The Balaban J connectivity index is 1.55. The van der Waals surface area contributed by atoms with E-state index in [-0.39, 0.29) is 34.4 Å². The summed E-state index contributed by atoms with van der Waals surface area (Å²) in [6.45, 7) is 3.82. The molecule has 3 aromatic carbocycles. The molecule has 2 N–H and O–H groups in total. The number of imide groups is 2. The maximum atomic E-state index is 13.2. The highest BCUT2D eigenvalue weighted by atomic mass is 35.5. The minimum Gasteiger partial charge on any atom is -0.494 e. The first-order valence-electron chi connectivity index (χ1n) is 12.2. The van der Waals surface area contributed by atoms with E-state index in [1.54, 1.807) is 24.3 Å². The zero-order chi connectivity index (χ0) is 28.8. The van der Waals surface area contributed by atoms with Crippen LogP contribution in [0.1, 0.15) is 18.1 Å². The minimum absolute atomic E-state index is 0.0815. The topological polar surface area (TPSA) is 123 Å². The Bertz CT molecular complexity index is 1500. The van der Waals surface area contributed by atoms with Crippen molar-refractivity contribution in [1.82, 2.24) is 5.32 Å². The predicted molar refractivity (Wildman–Crippen MR) is 150 cm³/mol. The van der Waals surface area contributed by atoms with E-state index in [4.69, 9.17) is 25.8 Å². The van der Waals surface area contributed by atoms with Gasteiger partial charge in [-0.2, -0.15) is 0 Å². The molecule has 0 saturated carbocycles. The van der Waals surface area contributed by atoms with E-state index in [0.717, 1.165) is 10.5 Å². The molecule has 3 aromatic rings. The van der Waals surface area contributed by atoms with E-state index in [9.17, 15) is 19.2 Å². The molecule has 1 saturated heterocycles. The van der Waals surface area contributed by atoms with E-state index in [2.05, 4.69) is 10.6 Å². The van der Waals surface area contributed by atoms with Crippen molar-refractivity contribution in [2.24, 2.45) is 0 Å². The molecule has 0 radical (unpaired) electrons. The van der Waals surface area contributed by atoms with Crippen LogP contribution in [0.5, 0.6) is 17.2 Å². The van der Waals surface area contributed by atoms with Crippen LogP contribution in [0, 0.1) is 6.92 Å². The smallest absolute Gasteiger partial charge is 0.335 e. The van der Waals surface area contributed by atoms with Gasteiger partial charge < -0.3 is 19.5 Å². The number of anilines is 2. The number of urea groups is 1. The van der Waals surface area contributed by atoms with E-state index < -0.39 is 23.8 Å². The third-order valence-electron chi connectivity index (χ3n) is 5.84. The summed E-state index contributed by atoms with van der Waals surface area (Å²) in [5, 5.41) is 5.02. The Morgan fingerprint density at radius 3 is 2.45 bits per heavy atom. The second-order valence-electron chi connectivity index (χ2n) is 8.57. The molecule has 0 atom stereocenters. The number of halogens is 1. The molecule has 1 heterocycles. The molecule has 206 valence electrons. The van der Waals surface area contributed by atoms with Gasteiger partial charge in [-0.25, -0.2) is 9.69 Å². The first-order valence-corrected chi connectivity index (χ1v) is 12.6. The molecule has 1 fully saturated rings. The quantitative estimate of drug-likeness (QED) is 0.285. The molecular formula is C29H26ClN3O7. The first kappa shape index (κ1) is 28.2. The van der Waals surface area contributed by atoms with Crippen LogP contribution >= 0.6 is 11.6 Å². The number of hydrogen-bond acceptors (Lipinski definition) is 7. The molecule has 0 aliphatic carbocycles. The van der Waals surface area contributed by atoms with E-state index in [0.29, 0.717) is 23.6 Å². The number of carbonyl (C=O) groups is 4. The molecule has 1 aliphatic rings. The number of ether oxygens (including phenoxy) is 3. The molecule has 0 unspecified atom stereocenters. The number of nitrogens with one attached hydrogen (secondary N) is 2. The summed E-state index contributed by atoms with van der Waals surface area (Å²) < 4.78 is 16.4. The number of rotatable bonds is 9. The summed E-state index contributed by atoms with van der Waals surface area (Å²) in [5.41, 5.74) is 1.85. The zero-order valence-electron chi connectivity index (χ0n) is 21.9. The summed E-state index contributed by atoms with van der Waals surface area (Å²) >= 11 is 6.43. The van der Waals surface area contributed by atoms with Crippen molar-refractivity contribution in [3.63, 3.8) is 0 Å². The number of para-hydroxylation sites is 1. The first-order chi connectivity index (χ1) is 19.2. The number of methoxy groups -OCH3 is 1. The highest BCUT2D eigenvalue weighted by Gasteiger charge is 2.37. The van der Waals surface area contributed by atoms with Gasteiger partial charge in [0.25, 0.3) is 17.7 Å². The molecule has 40 heavy (non-hydrogen) atoms. The SMILES string of the molecule is CCOc1ccc(N2C(=O)NC(=O)/C(=C\c3cc(Cl)c(OCC(=O)Nc4ccccc4C)c(OC)c3)C2=O)cc1. The van der Waals surface area contributed by atoms with Crippen LogP contribution in [0.25, 0.3) is 6.08 Å². The predicted octanol–water partition coefficient (Wildman–Crippen LogP) is 4.74. The number of hydrogen-bond donors (Lipinski definition) is 2. The van der Waals surface area contributed by atoms with Gasteiger partial charge in [-0.15, -0.1) is 0 Å². The number of nitrogens with zero attached hydrogens (tertiary/aromatic N) is 1. The van der Waals surface area contributed by atoms with Crippen LogP contribution in [-0.2, 0) is 14.4 Å². The van der Waals surface area contributed by atoms with Crippen molar-refractivity contribution < 1.29 is 33.4 Å². The van der Waals surface area contributed by atoms with Gasteiger partial charge in [0.1, 0.15) is 11.3 Å². The van der Waals surface area contributed by atoms with Crippen molar-refractivity contribution >= 4 is 52.8 Å². The number of amides is 5. The number of aryl methyl sites for hydroxylation is 1. The van der Waals surface area contributed by atoms with Gasteiger partial charge in [0.05, 0.1) is 24.4 Å². The average Bonchev–Trinajstić information content (AvgIpc) is 2.92. The van der Waals surface area contributed by atoms with Crippen LogP contribution in [0.4, 0.5) is 16.2 Å². The number of barbiturate groups is 1. The van der Waals surface area contributed by atoms with E-state index >= 15 is 0 Å². The van der Waals surface area contributed by atoms with Crippen LogP contribution < -0.4 is 29.7 Å². The van der Waals surface area contributed by atoms with Gasteiger partial charge in [-0.1, -0.05) is 29.8 Å². The standard InChI is InChI=1S/C29H26ClN3O7/c1-4-39-20-11-9-19(10-12-20)33-28(36)21(27(35)32-29(33)37)13-18-14-22(30)26(24(15-18)38-3)40-16-25(34)31-23-8-6-5-7-17(23)2/h5-15H,4,16H2,1-3H3,(H,31,34)(H,32,35,37)/b21-13+. The third-order valence-corrected chi connectivity index (χ3v) is 6.12. The molecule has 0 aromatic heterocycles. The number of benzene rings is 3. The van der Waals surface area contributed by atoms with Gasteiger partial charge >= 0.3 is 6.03 Å². The van der Waals surface area contributed by atoms with Gasteiger partial charge in [-0.05, 0) is 73.5 Å². The second-order valence-corrected chi connectivity index (χ2v) is 8.98. The Hall–Kier alpha value is -4.83. The van der Waals surface area contributed by atoms with Gasteiger partial charge in [0.2, 0.25) is 0 Å². The van der Waals surface area contributed by atoms with Crippen molar-refractivity contribution in [3.05, 3.63) is 82.4 Å². The van der Waals surface area contributed by atoms with Gasteiger partial charge in [0, 0.05) is 5.69 Å². The highest BCUT2D eigenvalue weighted by molar-refractivity contribution is 6.39. The molecule has 10 nitrogen and oxygen atoms in total. The lowest BCUT2D eigenvalue weighted by Crippen LogP contribution is -2.54. The fourth-order valence-electron chi connectivity index (χ4n) is 3.92. The van der Waals surface area contributed by atoms with Crippen LogP contribution in [0.15, 0.2) is 66.2 Å². The molecule has 1 aliphatic heterocycles. The Morgan fingerprint density at radius 2 is 1.77 bits per heavy atom. The summed E-state index contributed by atoms with van der Waals surface area (Å²) in [6, 6.07) is 15.7. The summed E-state index contributed by atoms with van der Waals surface area (Å²) in [4.78, 5) is 51.6. The maximum Gasteiger partial charge on any atom is 0.335 e. The lowest BCUT2D eigenvalue weighted by molar-refractivity contribution is -0.122.